The van der Waals surface area contributed by atoms with Crippen molar-refractivity contribution < 1.29 is 31.5 Å². The number of hydrogen-bond acceptors (Lipinski definition) is 5. The number of halogens is 5. The lowest BCUT2D eigenvalue weighted by atomic mass is 9.98. The Bertz CT molecular complexity index is 1140. The van der Waals surface area contributed by atoms with E-state index in [0.29, 0.717) is 18.7 Å². The van der Waals surface area contributed by atoms with Gasteiger partial charge in [0, 0.05) is 18.7 Å². The molecule has 1 aromatic carbocycles. The molecule has 3 heterocycles. The SMILES string of the molecule is Cc1cnc(C(=O)N[C@H](c2nc3cc(C(F)(F)F)ccc3n2CC(F)F)C2CCOC2)cn1. The molecular weight excluding hydrogens is 449 g/mol. The molecule has 3 aromatic rings. The summed E-state index contributed by atoms with van der Waals surface area (Å²) >= 11 is 0. The van der Waals surface area contributed by atoms with Crippen LogP contribution >= 0.6 is 0 Å². The molecule has 0 saturated carbocycles. The van der Waals surface area contributed by atoms with Crippen LogP contribution in [0.15, 0.2) is 30.6 Å². The summed E-state index contributed by atoms with van der Waals surface area (Å²) in [5.74, 6) is -0.887. The lowest BCUT2D eigenvalue weighted by molar-refractivity contribution is -0.137. The number of aryl methyl sites for hydroxylation is 1. The van der Waals surface area contributed by atoms with Gasteiger partial charge in [-0.1, -0.05) is 0 Å². The first-order valence-electron chi connectivity index (χ1n) is 10.2. The number of nitrogens with one attached hydrogen (secondary N) is 1. The molecule has 0 spiro atoms. The van der Waals surface area contributed by atoms with Crippen molar-refractivity contribution in [2.24, 2.45) is 5.92 Å². The lowest BCUT2D eigenvalue weighted by Crippen LogP contribution is -2.36. The summed E-state index contributed by atoms with van der Waals surface area (Å²) in [4.78, 5) is 25.2. The van der Waals surface area contributed by atoms with Gasteiger partial charge in [0.1, 0.15) is 11.5 Å². The summed E-state index contributed by atoms with van der Waals surface area (Å²) in [7, 11) is 0. The van der Waals surface area contributed by atoms with Gasteiger partial charge >= 0.3 is 6.18 Å². The molecule has 1 N–H and O–H groups in total. The van der Waals surface area contributed by atoms with Gasteiger partial charge in [-0.05, 0) is 31.5 Å². The summed E-state index contributed by atoms with van der Waals surface area (Å²) in [6.45, 7) is 1.54. The van der Waals surface area contributed by atoms with Gasteiger partial charge in [-0.15, -0.1) is 0 Å². The molecule has 7 nitrogen and oxygen atoms in total. The van der Waals surface area contributed by atoms with E-state index in [1.807, 2.05) is 0 Å². The minimum atomic E-state index is -4.61. The Hall–Kier alpha value is -3.15. The number of imidazole rings is 1. The van der Waals surface area contributed by atoms with E-state index in [0.717, 1.165) is 22.8 Å². The molecule has 1 aliphatic rings. The molecular formula is C21H20F5N5O2. The van der Waals surface area contributed by atoms with Gasteiger partial charge in [0.25, 0.3) is 12.3 Å². The molecule has 1 saturated heterocycles. The molecule has 4 rings (SSSR count). The number of benzene rings is 1. The van der Waals surface area contributed by atoms with Gasteiger partial charge in [0.05, 0.1) is 47.7 Å². The Morgan fingerprint density at radius 1 is 1.27 bits per heavy atom. The van der Waals surface area contributed by atoms with Crippen molar-refractivity contribution >= 4 is 16.9 Å². The van der Waals surface area contributed by atoms with Crippen LogP contribution in [-0.2, 0) is 17.5 Å². The van der Waals surface area contributed by atoms with Crippen LogP contribution in [0.25, 0.3) is 11.0 Å². The maximum absolute atomic E-state index is 13.4. The van der Waals surface area contributed by atoms with E-state index in [4.69, 9.17) is 4.74 Å². The van der Waals surface area contributed by atoms with Crippen molar-refractivity contribution in [3.8, 4) is 0 Å². The summed E-state index contributed by atoms with van der Waals surface area (Å²) in [6.07, 6.45) is -4.20. The van der Waals surface area contributed by atoms with Gasteiger partial charge in [0.2, 0.25) is 0 Å². The van der Waals surface area contributed by atoms with Crippen LogP contribution in [0.2, 0.25) is 0 Å². The van der Waals surface area contributed by atoms with E-state index in [1.54, 1.807) is 6.92 Å². The molecule has 33 heavy (non-hydrogen) atoms. The third kappa shape index (κ3) is 4.95. The zero-order valence-corrected chi connectivity index (χ0v) is 17.4. The Morgan fingerprint density at radius 3 is 2.67 bits per heavy atom. The predicted octanol–water partition coefficient (Wildman–Crippen LogP) is 3.93. The molecule has 176 valence electrons. The minimum Gasteiger partial charge on any atom is -0.381 e. The number of alkyl halides is 5. The Kier molecular flexibility index (Phi) is 6.28. The third-order valence-electron chi connectivity index (χ3n) is 5.44. The number of amides is 1. The van der Waals surface area contributed by atoms with Crippen LogP contribution < -0.4 is 5.32 Å². The van der Waals surface area contributed by atoms with Gasteiger partial charge in [-0.2, -0.15) is 13.2 Å². The Labute approximate surface area is 185 Å². The van der Waals surface area contributed by atoms with E-state index < -0.39 is 36.7 Å². The summed E-state index contributed by atoms with van der Waals surface area (Å²) in [5.41, 5.74) is -0.296. The van der Waals surface area contributed by atoms with E-state index in [2.05, 4.69) is 20.3 Å². The highest BCUT2D eigenvalue weighted by atomic mass is 19.4. The Morgan fingerprint density at radius 2 is 2.06 bits per heavy atom. The molecule has 1 fully saturated rings. The maximum atomic E-state index is 13.4. The van der Waals surface area contributed by atoms with E-state index >= 15 is 0 Å². The smallest absolute Gasteiger partial charge is 0.381 e. The average Bonchev–Trinajstić information content (AvgIpc) is 3.40. The van der Waals surface area contributed by atoms with Gasteiger partial charge < -0.3 is 14.6 Å². The number of rotatable bonds is 6. The molecule has 0 aliphatic carbocycles. The monoisotopic (exact) mass is 469 g/mol. The van der Waals surface area contributed by atoms with Crippen molar-refractivity contribution in [3.05, 3.63) is 53.4 Å². The molecule has 12 heteroatoms. The number of ether oxygens (including phenoxy) is 1. The molecule has 2 atom stereocenters. The highest BCUT2D eigenvalue weighted by Gasteiger charge is 2.35. The quantitative estimate of drug-likeness (QED) is 0.554. The number of carbonyl (C=O) groups is 1. The largest absolute Gasteiger partial charge is 0.416 e. The van der Waals surface area contributed by atoms with E-state index in [-0.39, 0.29) is 35.1 Å². The highest BCUT2D eigenvalue weighted by Crippen LogP contribution is 2.35. The maximum Gasteiger partial charge on any atom is 0.416 e. The minimum absolute atomic E-state index is 0.0143. The van der Waals surface area contributed by atoms with Crippen molar-refractivity contribution in [2.75, 3.05) is 13.2 Å². The summed E-state index contributed by atoms with van der Waals surface area (Å²) < 4.78 is 73.0. The Balaban J connectivity index is 1.79. The molecule has 0 bridgehead atoms. The highest BCUT2D eigenvalue weighted by molar-refractivity contribution is 5.92. The number of fused-ring (bicyclic) bond motifs is 1. The van der Waals surface area contributed by atoms with Crippen molar-refractivity contribution in [1.29, 1.82) is 0 Å². The fourth-order valence-corrected chi connectivity index (χ4v) is 3.83. The average molecular weight is 469 g/mol. The molecule has 1 amide bonds. The van der Waals surface area contributed by atoms with Crippen molar-refractivity contribution in [2.45, 2.75) is 38.5 Å². The zero-order chi connectivity index (χ0) is 23.8. The van der Waals surface area contributed by atoms with E-state index in [9.17, 15) is 26.7 Å². The third-order valence-corrected chi connectivity index (χ3v) is 5.44. The standard InChI is InChI=1S/C21H20F5N5O2/c1-11-7-28-15(8-27-11)20(32)30-18(12-4-5-33-10-12)19-29-14-6-13(21(24,25)26)2-3-16(14)31(19)9-17(22)23/h2-3,6-8,12,17-18H,4-5,9-10H2,1H3,(H,30,32)/t12?,18-/m0/s1. The number of carbonyl (C=O) groups excluding carboxylic acids is 1. The first-order valence-corrected chi connectivity index (χ1v) is 10.2. The second-order valence-corrected chi connectivity index (χ2v) is 7.79. The van der Waals surface area contributed by atoms with Crippen LogP contribution in [0, 0.1) is 12.8 Å². The second kappa shape index (κ2) is 9.00. The fourth-order valence-electron chi connectivity index (χ4n) is 3.83. The van der Waals surface area contributed by atoms with Gasteiger partial charge in [-0.3, -0.25) is 9.78 Å². The lowest BCUT2D eigenvalue weighted by Gasteiger charge is -2.24. The molecule has 2 aromatic heterocycles. The van der Waals surface area contributed by atoms with Crippen LogP contribution in [0.4, 0.5) is 22.0 Å². The molecule has 0 radical (unpaired) electrons. The summed E-state index contributed by atoms with van der Waals surface area (Å²) in [6, 6.07) is 1.87. The number of hydrogen-bond donors (Lipinski definition) is 1. The fraction of sp³-hybridized carbons (Fsp3) is 0.429. The van der Waals surface area contributed by atoms with Gasteiger partial charge in [-0.25, -0.2) is 18.7 Å². The van der Waals surface area contributed by atoms with Crippen LogP contribution in [0.1, 0.15) is 40.0 Å². The van der Waals surface area contributed by atoms with Crippen LogP contribution in [-0.4, -0.2) is 45.1 Å². The number of nitrogens with zero attached hydrogens (tertiary/aromatic N) is 4. The first kappa shape index (κ1) is 23.0. The van der Waals surface area contributed by atoms with Crippen molar-refractivity contribution in [3.63, 3.8) is 0 Å². The topological polar surface area (TPSA) is 81.9 Å². The summed E-state index contributed by atoms with van der Waals surface area (Å²) in [5, 5.41) is 2.76. The van der Waals surface area contributed by atoms with Crippen LogP contribution in [0.5, 0.6) is 0 Å². The van der Waals surface area contributed by atoms with Crippen molar-refractivity contribution in [1.82, 2.24) is 24.8 Å². The number of aromatic nitrogens is 4. The second-order valence-electron chi connectivity index (χ2n) is 7.79. The van der Waals surface area contributed by atoms with E-state index in [1.165, 1.54) is 12.4 Å². The molecule has 1 aliphatic heterocycles. The zero-order valence-electron chi connectivity index (χ0n) is 17.4. The predicted molar refractivity (Wildman–Crippen MR) is 107 cm³/mol. The normalized spacial score (nSPS) is 17.6. The first-order chi connectivity index (χ1) is 15.6. The van der Waals surface area contributed by atoms with Crippen LogP contribution in [0.3, 0.4) is 0 Å². The van der Waals surface area contributed by atoms with Gasteiger partial charge in [0.15, 0.2) is 0 Å². The molecule has 1 unspecified atom stereocenters.